The molecule has 0 saturated carbocycles. The minimum Gasteiger partial charge on any atom is -0.496 e. The van der Waals surface area contributed by atoms with Crippen LogP contribution < -0.4 is 15.3 Å². The summed E-state index contributed by atoms with van der Waals surface area (Å²) in [7, 11) is 3.17. The van der Waals surface area contributed by atoms with Gasteiger partial charge in [0.1, 0.15) is 17.8 Å². The first kappa shape index (κ1) is 12.2. The Morgan fingerprint density at radius 2 is 1.90 bits per heavy atom. The van der Waals surface area contributed by atoms with Crippen molar-refractivity contribution in [3.8, 4) is 22.8 Å². The van der Waals surface area contributed by atoms with Crippen LogP contribution in [0.4, 0.5) is 0 Å². The number of aromatic nitrogens is 4. The molecule has 2 heterocycles. The zero-order valence-corrected chi connectivity index (χ0v) is 11.1. The van der Waals surface area contributed by atoms with Crippen LogP contribution in [-0.2, 0) is 0 Å². The van der Waals surface area contributed by atoms with E-state index in [-0.39, 0.29) is 0 Å². The summed E-state index contributed by atoms with van der Waals surface area (Å²) < 4.78 is 10.7. The summed E-state index contributed by atoms with van der Waals surface area (Å²) in [5.41, 5.74) is 2.23. The maximum atomic E-state index is 5.74. The Labute approximate surface area is 114 Å². The van der Waals surface area contributed by atoms with E-state index in [9.17, 15) is 0 Å². The second kappa shape index (κ2) is 4.69. The van der Waals surface area contributed by atoms with Crippen molar-refractivity contribution in [2.75, 3.05) is 20.1 Å². The molecule has 0 aliphatic rings. The molecule has 0 aliphatic carbocycles. The van der Waals surface area contributed by atoms with E-state index in [4.69, 9.17) is 15.3 Å². The predicted molar refractivity (Wildman–Crippen MR) is 74.0 cm³/mol. The lowest BCUT2D eigenvalue weighted by molar-refractivity contribution is 0.407. The Morgan fingerprint density at radius 3 is 2.65 bits per heavy atom. The highest BCUT2D eigenvalue weighted by molar-refractivity contribution is 5.88. The van der Waals surface area contributed by atoms with E-state index in [0.29, 0.717) is 17.2 Å². The van der Waals surface area contributed by atoms with Gasteiger partial charge < -0.3 is 15.3 Å². The van der Waals surface area contributed by atoms with Gasteiger partial charge in [-0.05, 0) is 6.07 Å². The zero-order valence-electron chi connectivity index (χ0n) is 11.1. The molecule has 0 spiro atoms. The number of benzene rings is 1. The van der Waals surface area contributed by atoms with Crippen LogP contribution >= 0.6 is 0 Å². The number of hydrogen-bond donors (Lipinski definition) is 1. The van der Waals surface area contributed by atoms with Gasteiger partial charge in [0, 0.05) is 17.0 Å². The fraction of sp³-hybridized carbons (Fsp3) is 0.154. The lowest BCUT2D eigenvalue weighted by Crippen LogP contribution is -2.09. The molecule has 2 aromatic heterocycles. The second-order valence-corrected chi connectivity index (χ2v) is 4.14. The van der Waals surface area contributed by atoms with E-state index in [0.717, 1.165) is 16.5 Å². The van der Waals surface area contributed by atoms with Crippen LogP contribution in [0.1, 0.15) is 0 Å². The molecule has 0 radical (unpaired) electrons. The molecule has 3 rings (SSSR count). The first-order chi connectivity index (χ1) is 9.74. The third-order valence-electron chi connectivity index (χ3n) is 3.07. The molecule has 0 amide bonds. The molecule has 7 heteroatoms. The average Bonchev–Trinajstić information content (AvgIpc) is 2.86. The Kier molecular flexibility index (Phi) is 2.86. The van der Waals surface area contributed by atoms with Gasteiger partial charge in [-0.1, -0.05) is 0 Å². The van der Waals surface area contributed by atoms with Gasteiger partial charge in [-0.3, -0.25) is 0 Å². The fourth-order valence-electron chi connectivity index (χ4n) is 2.10. The van der Waals surface area contributed by atoms with E-state index in [1.165, 1.54) is 11.1 Å². The van der Waals surface area contributed by atoms with Crippen LogP contribution in [0, 0.1) is 0 Å². The lowest BCUT2D eigenvalue weighted by Gasteiger charge is -2.11. The number of methoxy groups -OCH3 is 2. The molecule has 102 valence electrons. The topological polar surface area (TPSA) is 88.1 Å². The number of hydrogen-bond acceptors (Lipinski definition) is 6. The number of ether oxygens (including phenoxy) is 2. The second-order valence-electron chi connectivity index (χ2n) is 4.14. The van der Waals surface area contributed by atoms with Crippen LogP contribution in [-0.4, -0.2) is 34.1 Å². The largest absolute Gasteiger partial charge is 0.496 e. The van der Waals surface area contributed by atoms with Crippen molar-refractivity contribution in [2.24, 2.45) is 0 Å². The Hall–Kier alpha value is -2.83. The minimum absolute atomic E-state index is 0.574. The van der Waals surface area contributed by atoms with E-state index < -0.39 is 0 Å². The number of nitrogen functional groups attached to an aromatic ring is 1. The molecule has 0 atom stereocenters. The minimum atomic E-state index is 0.574. The summed E-state index contributed by atoms with van der Waals surface area (Å²) in [4.78, 5) is 9.52. The third kappa shape index (κ3) is 1.80. The molecular formula is C13H13N5O2. The van der Waals surface area contributed by atoms with Crippen molar-refractivity contribution in [3.63, 3.8) is 0 Å². The van der Waals surface area contributed by atoms with E-state index >= 15 is 0 Å². The summed E-state index contributed by atoms with van der Waals surface area (Å²) in [5.74, 6) is 6.96. The van der Waals surface area contributed by atoms with Gasteiger partial charge in [0.2, 0.25) is 0 Å². The average molecular weight is 271 g/mol. The van der Waals surface area contributed by atoms with Gasteiger partial charge in [0.15, 0.2) is 5.75 Å². The number of rotatable bonds is 3. The van der Waals surface area contributed by atoms with Crippen LogP contribution in [0.15, 0.2) is 30.9 Å². The van der Waals surface area contributed by atoms with Crippen LogP contribution in [0.3, 0.4) is 0 Å². The van der Waals surface area contributed by atoms with Crippen molar-refractivity contribution < 1.29 is 9.47 Å². The van der Waals surface area contributed by atoms with Gasteiger partial charge >= 0.3 is 0 Å². The summed E-state index contributed by atoms with van der Waals surface area (Å²) in [6.45, 7) is 0. The molecule has 0 unspecified atom stereocenters. The monoisotopic (exact) mass is 271 g/mol. The highest BCUT2D eigenvalue weighted by Gasteiger charge is 2.15. The van der Waals surface area contributed by atoms with Gasteiger partial charge in [-0.15, -0.1) is 0 Å². The SMILES string of the molecule is COc1cc2c(cnn2N)cc1-c1ncncc1OC. The molecule has 0 fully saturated rings. The highest BCUT2D eigenvalue weighted by Crippen LogP contribution is 2.36. The first-order valence-corrected chi connectivity index (χ1v) is 5.90. The van der Waals surface area contributed by atoms with Crippen molar-refractivity contribution >= 4 is 10.9 Å². The molecule has 1 aromatic carbocycles. The molecule has 2 N–H and O–H groups in total. The zero-order chi connectivity index (χ0) is 14.1. The highest BCUT2D eigenvalue weighted by atomic mass is 16.5. The maximum Gasteiger partial charge on any atom is 0.163 e. The molecule has 7 nitrogen and oxygen atoms in total. The molecule has 0 aliphatic heterocycles. The molecule has 20 heavy (non-hydrogen) atoms. The number of fused-ring (bicyclic) bond motifs is 1. The number of nitrogens with zero attached hydrogens (tertiary/aromatic N) is 4. The molecule has 3 aromatic rings. The quantitative estimate of drug-likeness (QED) is 0.721. The number of nitrogens with two attached hydrogens (primary N) is 1. The van der Waals surface area contributed by atoms with Crippen LogP contribution in [0.25, 0.3) is 22.2 Å². The maximum absolute atomic E-state index is 5.74. The van der Waals surface area contributed by atoms with E-state index in [2.05, 4.69) is 15.1 Å². The summed E-state index contributed by atoms with van der Waals surface area (Å²) in [6, 6.07) is 3.73. The molecular weight excluding hydrogens is 258 g/mol. The van der Waals surface area contributed by atoms with Crippen molar-refractivity contribution in [1.82, 2.24) is 19.9 Å². The summed E-state index contributed by atoms with van der Waals surface area (Å²) in [5, 5.41) is 4.92. The van der Waals surface area contributed by atoms with Gasteiger partial charge in [0.25, 0.3) is 0 Å². The Bertz CT molecular complexity index is 769. The molecule has 0 bridgehead atoms. The summed E-state index contributed by atoms with van der Waals surface area (Å²) in [6.07, 6.45) is 4.76. The van der Waals surface area contributed by atoms with Crippen molar-refractivity contribution in [3.05, 3.63) is 30.9 Å². The van der Waals surface area contributed by atoms with E-state index in [1.807, 2.05) is 12.1 Å². The van der Waals surface area contributed by atoms with E-state index in [1.54, 1.807) is 26.6 Å². The van der Waals surface area contributed by atoms with Gasteiger partial charge in [0.05, 0.1) is 32.1 Å². The standard InChI is InChI=1S/C13H13N5O2/c1-19-11-4-10-8(5-17-18(10)14)3-9(11)13-12(20-2)6-15-7-16-13/h3-7H,14H2,1-2H3. The van der Waals surface area contributed by atoms with Crippen molar-refractivity contribution in [2.45, 2.75) is 0 Å². The third-order valence-corrected chi connectivity index (χ3v) is 3.07. The molecule has 0 saturated heterocycles. The first-order valence-electron chi connectivity index (χ1n) is 5.90. The smallest absolute Gasteiger partial charge is 0.163 e. The van der Waals surface area contributed by atoms with Crippen molar-refractivity contribution in [1.29, 1.82) is 0 Å². The predicted octanol–water partition coefficient (Wildman–Crippen LogP) is 1.22. The lowest BCUT2D eigenvalue weighted by atomic mass is 10.1. The van der Waals surface area contributed by atoms with Crippen LogP contribution in [0.2, 0.25) is 0 Å². The Morgan fingerprint density at radius 1 is 1.10 bits per heavy atom. The fourth-order valence-corrected chi connectivity index (χ4v) is 2.10. The van der Waals surface area contributed by atoms with Gasteiger partial charge in [-0.2, -0.15) is 9.89 Å². The normalized spacial score (nSPS) is 10.7. The van der Waals surface area contributed by atoms with Crippen LogP contribution in [0.5, 0.6) is 11.5 Å². The van der Waals surface area contributed by atoms with Gasteiger partial charge in [-0.25, -0.2) is 9.97 Å². The Balaban J connectivity index is 2.29. The summed E-state index contributed by atoms with van der Waals surface area (Å²) >= 11 is 0.